The van der Waals surface area contributed by atoms with E-state index in [9.17, 15) is 13.2 Å². The smallest absolute Gasteiger partial charge is 0.264 e. The number of aryl methyl sites for hydroxylation is 1. The van der Waals surface area contributed by atoms with Gasteiger partial charge in [0.2, 0.25) is 5.91 Å². The molecular formula is C26H29ClN2O3S. The molecule has 1 unspecified atom stereocenters. The molecule has 0 saturated heterocycles. The molecule has 0 bridgehead atoms. The van der Waals surface area contributed by atoms with Gasteiger partial charge in [-0.05, 0) is 60.7 Å². The lowest BCUT2D eigenvalue weighted by Crippen LogP contribution is -2.42. The van der Waals surface area contributed by atoms with Crippen molar-refractivity contribution in [3.8, 4) is 0 Å². The fourth-order valence-corrected chi connectivity index (χ4v) is 5.40. The summed E-state index contributed by atoms with van der Waals surface area (Å²) >= 11 is 6.08. The zero-order valence-electron chi connectivity index (χ0n) is 18.9. The van der Waals surface area contributed by atoms with Gasteiger partial charge in [0.15, 0.2) is 0 Å². The van der Waals surface area contributed by atoms with Gasteiger partial charge >= 0.3 is 0 Å². The maximum Gasteiger partial charge on any atom is 0.264 e. The molecule has 3 rings (SSSR count). The summed E-state index contributed by atoms with van der Waals surface area (Å²) in [6.07, 6.45) is 1.75. The molecule has 1 N–H and O–H groups in total. The van der Waals surface area contributed by atoms with Crippen LogP contribution in [0.25, 0.3) is 0 Å². The SMILES string of the molecule is CCC(CNC(=O)CN(c1ccc(Cl)cc1C)S(=O)(=O)c1ccccc1)Cc1ccccc1. The Morgan fingerprint density at radius 1 is 1.00 bits per heavy atom. The summed E-state index contributed by atoms with van der Waals surface area (Å²) in [7, 11) is -3.95. The number of carbonyl (C=O) groups excluding carboxylic acids is 1. The van der Waals surface area contributed by atoms with E-state index >= 15 is 0 Å². The number of sulfonamides is 1. The average molecular weight is 485 g/mol. The molecule has 0 aliphatic rings. The van der Waals surface area contributed by atoms with Crippen molar-refractivity contribution in [3.05, 3.63) is 95.0 Å². The van der Waals surface area contributed by atoms with Crippen molar-refractivity contribution in [2.75, 3.05) is 17.4 Å². The van der Waals surface area contributed by atoms with E-state index < -0.39 is 10.0 Å². The number of halogens is 1. The highest BCUT2D eigenvalue weighted by atomic mass is 35.5. The summed E-state index contributed by atoms with van der Waals surface area (Å²) < 4.78 is 28.1. The van der Waals surface area contributed by atoms with Crippen LogP contribution in [0, 0.1) is 12.8 Å². The number of benzene rings is 3. The molecule has 0 heterocycles. The van der Waals surface area contributed by atoms with E-state index in [1.54, 1.807) is 43.3 Å². The monoisotopic (exact) mass is 484 g/mol. The Kier molecular flexibility index (Phi) is 8.53. The fraction of sp³-hybridized carbons (Fsp3) is 0.269. The maximum absolute atomic E-state index is 13.5. The van der Waals surface area contributed by atoms with E-state index in [1.807, 2.05) is 18.2 Å². The van der Waals surface area contributed by atoms with Gasteiger partial charge in [-0.2, -0.15) is 0 Å². The highest BCUT2D eigenvalue weighted by Gasteiger charge is 2.28. The zero-order chi connectivity index (χ0) is 23.8. The minimum atomic E-state index is -3.95. The lowest BCUT2D eigenvalue weighted by atomic mass is 9.97. The molecule has 1 amide bonds. The lowest BCUT2D eigenvalue weighted by molar-refractivity contribution is -0.119. The standard InChI is InChI=1S/C26H29ClN2O3S/c1-3-21(17-22-10-6-4-7-11-22)18-28-26(30)19-29(25-15-14-23(27)16-20(25)2)33(31,32)24-12-8-5-9-13-24/h4-16,21H,3,17-19H2,1-2H3,(H,28,30). The first-order chi connectivity index (χ1) is 15.8. The largest absolute Gasteiger partial charge is 0.354 e. The van der Waals surface area contributed by atoms with Gasteiger partial charge in [-0.1, -0.05) is 73.5 Å². The molecule has 3 aromatic carbocycles. The predicted molar refractivity (Wildman–Crippen MR) is 134 cm³/mol. The van der Waals surface area contributed by atoms with Gasteiger partial charge in [-0.25, -0.2) is 8.42 Å². The van der Waals surface area contributed by atoms with Crippen LogP contribution in [0.4, 0.5) is 5.69 Å². The van der Waals surface area contributed by atoms with E-state index in [2.05, 4.69) is 24.4 Å². The quantitative estimate of drug-likeness (QED) is 0.428. The first-order valence-corrected chi connectivity index (χ1v) is 12.8. The third-order valence-corrected chi connectivity index (χ3v) is 7.59. The van der Waals surface area contributed by atoms with Crippen molar-refractivity contribution in [1.82, 2.24) is 5.32 Å². The minimum absolute atomic E-state index is 0.127. The Morgan fingerprint density at radius 3 is 2.24 bits per heavy atom. The number of hydrogen-bond acceptors (Lipinski definition) is 3. The Hall–Kier alpha value is -2.83. The van der Waals surface area contributed by atoms with Crippen molar-refractivity contribution in [2.24, 2.45) is 5.92 Å². The predicted octanol–water partition coefficient (Wildman–Crippen LogP) is 5.23. The second-order valence-electron chi connectivity index (χ2n) is 8.02. The van der Waals surface area contributed by atoms with E-state index in [4.69, 9.17) is 11.6 Å². The van der Waals surface area contributed by atoms with Crippen LogP contribution in [0.1, 0.15) is 24.5 Å². The highest BCUT2D eigenvalue weighted by Crippen LogP contribution is 2.28. The average Bonchev–Trinajstić information content (AvgIpc) is 2.82. The van der Waals surface area contributed by atoms with E-state index in [1.165, 1.54) is 17.7 Å². The highest BCUT2D eigenvalue weighted by molar-refractivity contribution is 7.92. The molecular weight excluding hydrogens is 456 g/mol. The van der Waals surface area contributed by atoms with Crippen LogP contribution in [0.15, 0.2) is 83.8 Å². The first-order valence-electron chi connectivity index (χ1n) is 11.0. The van der Waals surface area contributed by atoms with Crippen molar-refractivity contribution in [1.29, 1.82) is 0 Å². The molecule has 0 aliphatic heterocycles. The third kappa shape index (κ3) is 6.59. The first kappa shape index (κ1) is 24.8. The van der Waals surface area contributed by atoms with E-state index in [-0.39, 0.29) is 23.3 Å². The number of carbonyl (C=O) groups is 1. The molecule has 0 fully saturated rings. The van der Waals surface area contributed by atoms with Gasteiger partial charge < -0.3 is 5.32 Å². The van der Waals surface area contributed by atoms with Crippen LogP contribution < -0.4 is 9.62 Å². The summed E-state index contributed by atoms with van der Waals surface area (Å²) in [5.41, 5.74) is 2.31. The van der Waals surface area contributed by atoms with Crippen molar-refractivity contribution in [3.63, 3.8) is 0 Å². The number of anilines is 1. The van der Waals surface area contributed by atoms with Crippen molar-refractivity contribution in [2.45, 2.75) is 31.6 Å². The summed E-state index contributed by atoms with van der Waals surface area (Å²) in [4.78, 5) is 13.0. The molecule has 7 heteroatoms. The van der Waals surface area contributed by atoms with Gasteiger partial charge in [0, 0.05) is 11.6 Å². The summed E-state index contributed by atoms with van der Waals surface area (Å²) in [5, 5.41) is 3.44. The molecule has 0 saturated carbocycles. The number of nitrogens with one attached hydrogen (secondary N) is 1. The molecule has 0 aliphatic carbocycles. The molecule has 33 heavy (non-hydrogen) atoms. The summed E-state index contributed by atoms with van der Waals surface area (Å²) in [6.45, 7) is 4.02. The second kappa shape index (κ2) is 11.3. The van der Waals surface area contributed by atoms with Crippen LogP contribution in [0.2, 0.25) is 5.02 Å². The number of rotatable bonds is 10. The van der Waals surface area contributed by atoms with Crippen LogP contribution in [0.3, 0.4) is 0 Å². The molecule has 0 aromatic heterocycles. The van der Waals surface area contributed by atoms with Gasteiger partial charge in [0.1, 0.15) is 6.54 Å². The lowest BCUT2D eigenvalue weighted by Gasteiger charge is -2.26. The fourth-order valence-electron chi connectivity index (χ4n) is 3.67. The Morgan fingerprint density at radius 2 is 1.64 bits per heavy atom. The second-order valence-corrected chi connectivity index (χ2v) is 10.3. The van der Waals surface area contributed by atoms with Gasteiger partial charge in [-0.15, -0.1) is 0 Å². The van der Waals surface area contributed by atoms with Crippen LogP contribution in [-0.2, 0) is 21.2 Å². The van der Waals surface area contributed by atoms with Crippen LogP contribution in [-0.4, -0.2) is 27.4 Å². The zero-order valence-corrected chi connectivity index (χ0v) is 20.4. The minimum Gasteiger partial charge on any atom is -0.354 e. The third-order valence-electron chi connectivity index (χ3n) is 5.58. The summed E-state index contributed by atoms with van der Waals surface area (Å²) in [6, 6.07) is 23.2. The summed E-state index contributed by atoms with van der Waals surface area (Å²) in [5.74, 6) is -0.0943. The van der Waals surface area contributed by atoms with E-state index in [0.717, 1.165) is 17.1 Å². The molecule has 0 spiro atoms. The maximum atomic E-state index is 13.5. The molecule has 5 nitrogen and oxygen atoms in total. The van der Waals surface area contributed by atoms with Gasteiger partial charge in [0.05, 0.1) is 10.6 Å². The van der Waals surface area contributed by atoms with Crippen LogP contribution >= 0.6 is 11.6 Å². The number of nitrogens with zero attached hydrogens (tertiary/aromatic N) is 1. The molecule has 0 radical (unpaired) electrons. The Labute approximate surface area is 201 Å². The molecule has 1 atom stereocenters. The topological polar surface area (TPSA) is 66.5 Å². The Bertz CT molecular complexity index is 1170. The van der Waals surface area contributed by atoms with Crippen molar-refractivity contribution < 1.29 is 13.2 Å². The van der Waals surface area contributed by atoms with Gasteiger partial charge in [0.25, 0.3) is 10.0 Å². The van der Waals surface area contributed by atoms with Crippen molar-refractivity contribution >= 4 is 33.2 Å². The van der Waals surface area contributed by atoms with Crippen LogP contribution in [0.5, 0.6) is 0 Å². The number of hydrogen-bond donors (Lipinski definition) is 1. The number of amides is 1. The molecule has 3 aromatic rings. The van der Waals surface area contributed by atoms with Gasteiger partial charge in [-0.3, -0.25) is 9.10 Å². The molecule has 174 valence electrons. The van der Waals surface area contributed by atoms with E-state index in [0.29, 0.717) is 22.8 Å². The Balaban J connectivity index is 1.79. The normalized spacial score (nSPS) is 12.2.